The second-order valence-corrected chi connectivity index (χ2v) is 15.1. The summed E-state index contributed by atoms with van der Waals surface area (Å²) < 4.78 is 11.6. The van der Waals surface area contributed by atoms with Crippen molar-refractivity contribution in [2.45, 2.75) is 77.9 Å². The Morgan fingerprint density at radius 2 is 1.78 bits per heavy atom. The van der Waals surface area contributed by atoms with Crippen LogP contribution in [-0.4, -0.2) is 95.0 Å². The molecule has 1 atom stereocenters. The molecule has 1 amide bonds. The van der Waals surface area contributed by atoms with Gasteiger partial charge in [0.2, 0.25) is 11.7 Å². The summed E-state index contributed by atoms with van der Waals surface area (Å²) in [5.74, 6) is 1.77. The molecule has 12 nitrogen and oxygen atoms in total. The number of nitriles is 1. The first kappa shape index (κ1) is 32.1. The van der Waals surface area contributed by atoms with Gasteiger partial charge in [-0.2, -0.15) is 10.2 Å². The van der Waals surface area contributed by atoms with Gasteiger partial charge in [-0.1, -0.05) is 5.16 Å². The molecular formula is C33H45N9O3S. The van der Waals surface area contributed by atoms with Crippen LogP contribution in [-0.2, 0) is 16.6 Å². The number of carbonyl (C=O) groups is 1. The number of amides is 1. The number of ether oxygens (including phenoxy) is 1. The lowest BCUT2D eigenvalue weighted by Crippen LogP contribution is -2.50. The predicted molar refractivity (Wildman–Crippen MR) is 179 cm³/mol. The molecule has 2 saturated heterocycles. The van der Waals surface area contributed by atoms with Gasteiger partial charge in [-0.25, -0.2) is 9.78 Å². The number of aryl methyl sites for hydroxylation is 1. The van der Waals surface area contributed by atoms with E-state index in [1.807, 2.05) is 26.8 Å². The highest BCUT2D eigenvalue weighted by Crippen LogP contribution is 2.48. The van der Waals surface area contributed by atoms with E-state index in [0.29, 0.717) is 60.2 Å². The number of hydrogen-bond donors (Lipinski definition) is 1. The van der Waals surface area contributed by atoms with Gasteiger partial charge in [-0.15, -0.1) is 11.3 Å². The van der Waals surface area contributed by atoms with Crippen LogP contribution in [0.5, 0.6) is 0 Å². The summed E-state index contributed by atoms with van der Waals surface area (Å²) in [5.41, 5.74) is 8.20. The van der Waals surface area contributed by atoms with Crippen molar-refractivity contribution >= 4 is 33.9 Å². The quantitative estimate of drug-likeness (QED) is 0.405. The number of hydrogen-bond acceptors (Lipinski definition) is 12. The van der Waals surface area contributed by atoms with Crippen LogP contribution >= 0.6 is 11.3 Å². The van der Waals surface area contributed by atoms with Gasteiger partial charge in [0.25, 0.3) is 0 Å². The zero-order valence-corrected chi connectivity index (χ0v) is 28.6. The van der Waals surface area contributed by atoms with Gasteiger partial charge in [0.15, 0.2) is 0 Å². The van der Waals surface area contributed by atoms with Crippen molar-refractivity contribution in [3.63, 3.8) is 0 Å². The summed E-state index contributed by atoms with van der Waals surface area (Å²) in [5, 5.41) is 14.9. The van der Waals surface area contributed by atoms with E-state index in [9.17, 15) is 10.1 Å². The first-order valence-corrected chi connectivity index (χ1v) is 17.1. The van der Waals surface area contributed by atoms with Crippen molar-refractivity contribution in [1.82, 2.24) is 24.9 Å². The molecule has 1 unspecified atom stereocenters. The van der Waals surface area contributed by atoms with Crippen molar-refractivity contribution in [3.05, 3.63) is 34.0 Å². The molecule has 3 aliphatic rings. The molecule has 13 heteroatoms. The number of pyridine rings is 1. The van der Waals surface area contributed by atoms with Crippen LogP contribution in [0.2, 0.25) is 0 Å². The Bertz CT molecular complexity index is 1620. The molecule has 3 aromatic rings. The van der Waals surface area contributed by atoms with E-state index in [-0.39, 0.29) is 6.09 Å². The molecular weight excluding hydrogens is 602 g/mol. The van der Waals surface area contributed by atoms with Crippen LogP contribution in [0.25, 0.3) is 11.5 Å². The maximum atomic E-state index is 12.7. The van der Waals surface area contributed by atoms with E-state index in [2.05, 4.69) is 52.8 Å². The molecule has 0 spiro atoms. The van der Waals surface area contributed by atoms with Crippen molar-refractivity contribution in [2.75, 3.05) is 67.9 Å². The second kappa shape index (κ2) is 12.4. The fourth-order valence-corrected chi connectivity index (χ4v) is 7.95. The highest BCUT2D eigenvalue weighted by molar-refractivity contribution is 7.16. The summed E-state index contributed by atoms with van der Waals surface area (Å²) >= 11 is 1.49. The third-order valence-corrected chi connectivity index (χ3v) is 10.4. The molecule has 2 N–H and O–H groups in total. The van der Waals surface area contributed by atoms with Gasteiger partial charge in [0.1, 0.15) is 28.2 Å². The van der Waals surface area contributed by atoms with E-state index in [4.69, 9.17) is 25.0 Å². The first-order valence-electron chi connectivity index (χ1n) is 16.3. The number of nitrogen functional groups attached to an aromatic ring is 1. The largest absolute Gasteiger partial charge is 0.444 e. The average molecular weight is 648 g/mol. The smallest absolute Gasteiger partial charge is 0.410 e. The lowest BCUT2D eigenvalue weighted by molar-refractivity contribution is 0.0240. The summed E-state index contributed by atoms with van der Waals surface area (Å²) in [7, 11) is 0. The number of anilines is 3. The summed E-state index contributed by atoms with van der Waals surface area (Å²) in [4.78, 5) is 32.7. The molecule has 46 heavy (non-hydrogen) atoms. The summed E-state index contributed by atoms with van der Waals surface area (Å²) in [6.45, 7) is 18.3. The van der Waals surface area contributed by atoms with Crippen molar-refractivity contribution in [1.29, 1.82) is 5.26 Å². The zero-order chi connectivity index (χ0) is 32.8. The molecule has 0 aromatic carbocycles. The topological polar surface area (TPSA) is 141 Å². The van der Waals surface area contributed by atoms with Crippen LogP contribution in [0.4, 0.5) is 21.3 Å². The van der Waals surface area contributed by atoms with E-state index < -0.39 is 11.0 Å². The number of piperazine rings is 2. The molecule has 2 fully saturated rings. The van der Waals surface area contributed by atoms with E-state index in [1.54, 1.807) is 4.90 Å². The number of aromatic nitrogens is 3. The maximum absolute atomic E-state index is 12.7. The summed E-state index contributed by atoms with van der Waals surface area (Å²) in [6.07, 6.45) is 2.34. The highest BCUT2D eigenvalue weighted by Gasteiger charge is 2.43. The highest BCUT2D eigenvalue weighted by atomic mass is 32.1. The van der Waals surface area contributed by atoms with Crippen LogP contribution in [0, 0.1) is 11.3 Å². The van der Waals surface area contributed by atoms with Crippen molar-refractivity contribution in [3.8, 4) is 17.6 Å². The molecule has 246 valence electrons. The SMILES string of the molecule is CC(C)N1CCN(c2cc(N3CCN(C(=O)OC(C)(C)C)CC3)cc(-c3noc(C4(C)CCCc5sc(N)c(C#N)c54)n3)n2)CC1. The number of carbonyl (C=O) groups excluding carboxylic acids is 1. The Morgan fingerprint density at radius 1 is 1.09 bits per heavy atom. The Balaban J connectivity index is 1.31. The predicted octanol–water partition coefficient (Wildman–Crippen LogP) is 4.88. The standard InChI is InChI=1S/C33H45N9O3S/c1-21(2)39-10-14-41(15-11-39)26-19-22(40-12-16-42(17-13-40)31(43)44-32(3,4)5)18-24(36-26)29-37-30(45-38-29)33(6)9-7-8-25-27(33)23(20-34)28(35)46-25/h18-19,21H,7-17,35H2,1-6H3. The molecule has 0 radical (unpaired) electrons. The zero-order valence-electron chi connectivity index (χ0n) is 27.8. The number of rotatable bonds is 5. The Morgan fingerprint density at radius 3 is 2.43 bits per heavy atom. The Hall–Kier alpha value is -3.89. The Kier molecular flexibility index (Phi) is 8.63. The van der Waals surface area contributed by atoms with Crippen molar-refractivity contribution < 1.29 is 14.1 Å². The van der Waals surface area contributed by atoms with Gasteiger partial charge >= 0.3 is 6.09 Å². The van der Waals surface area contributed by atoms with Gasteiger partial charge in [-0.05, 0) is 66.9 Å². The molecule has 6 rings (SSSR count). The molecule has 0 bridgehead atoms. The minimum Gasteiger partial charge on any atom is -0.444 e. The van der Waals surface area contributed by atoms with E-state index >= 15 is 0 Å². The van der Waals surface area contributed by atoms with Gasteiger partial charge < -0.3 is 29.7 Å². The minimum absolute atomic E-state index is 0.281. The Labute approximate surface area is 275 Å². The van der Waals surface area contributed by atoms with E-state index in [1.165, 1.54) is 11.3 Å². The monoisotopic (exact) mass is 647 g/mol. The van der Waals surface area contributed by atoms with Crippen LogP contribution in [0.15, 0.2) is 16.7 Å². The van der Waals surface area contributed by atoms with Crippen LogP contribution in [0.1, 0.15) is 76.3 Å². The van der Waals surface area contributed by atoms with Gasteiger partial charge in [0, 0.05) is 80.6 Å². The van der Waals surface area contributed by atoms with Gasteiger partial charge in [0.05, 0.1) is 11.0 Å². The molecule has 1 aliphatic carbocycles. The van der Waals surface area contributed by atoms with E-state index in [0.717, 1.165) is 67.4 Å². The van der Waals surface area contributed by atoms with Crippen molar-refractivity contribution in [2.24, 2.45) is 0 Å². The number of fused-ring (bicyclic) bond motifs is 1. The third kappa shape index (κ3) is 6.25. The average Bonchev–Trinajstić information content (AvgIpc) is 3.66. The third-order valence-electron chi connectivity index (χ3n) is 9.34. The van der Waals surface area contributed by atoms with Crippen LogP contribution < -0.4 is 15.5 Å². The normalized spacial score (nSPS) is 21.0. The maximum Gasteiger partial charge on any atom is 0.410 e. The number of nitrogens with zero attached hydrogens (tertiary/aromatic N) is 8. The fourth-order valence-electron chi connectivity index (χ4n) is 6.76. The first-order chi connectivity index (χ1) is 21.9. The fraction of sp³-hybridized carbons (Fsp3) is 0.606. The lowest BCUT2D eigenvalue weighted by Gasteiger charge is -2.39. The van der Waals surface area contributed by atoms with Gasteiger partial charge in [-0.3, -0.25) is 4.90 Å². The molecule has 3 aromatic heterocycles. The molecule has 2 aliphatic heterocycles. The minimum atomic E-state index is -0.608. The molecule has 5 heterocycles. The van der Waals surface area contributed by atoms with Crippen LogP contribution in [0.3, 0.4) is 0 Å². The number of thiophene rings is 1. The lowest BCUT2D eigenvalue weighted by atomic mass is 9.72. The summed E-state index contributed by atoms with van der Waals surface area (Å²) in [6, 6.07) is 6.98. The molecule has 0 saturated carbocycles. The number of nitrogens with two attached hydrogens (primary N) is 1. The second-order valence-electron chi connectivity index (χ2n) is 14.0.